The van der Waals surface area contributed by atoms with Crippen LogP contribution in [0, 0.1) is 5.92 Å². The van der Waals surface area contributed by atoms with Crippen molar-refractivity contribution in [1.82, 2.24) is 10.2 Å². The lowest BCUT2D eigenvalue weighted by Crippen LogP contribution is -2.36. The molecule has 6 heteroatoms. The van der Waals surface area contributed by atoms with Crippen molar-refractivity contribution in [3.8, 4) is 17.0 Å². The van der Waals surface area contributed by atoms with E-state index in [0.29, 0.717) is 32.5 Å². The van der Waals surface area contributed by atoms with Gasteiger partial charge in [-0.1, -0.05) is 0 Å². The van der Waals surface area contributed by atoms with Gasteiger partial charge in [0.1, 0.15) is 5.75 Å². The van der Waals surface area contributed by atoms with E-state index in [1.807, 2.05) is 43.3 Å². The highest BCUT2D eigenvalue weighted by Gasteiger charge is 2.25. The molecular formula is C18H21N3O3. The number of ether oxygens (including phenoxy) is 1. The first-order valence-corrected chi connectivity index (χ1v) is 8.22. The molecule has 2 heterocycles. The highest BCUT2D eigenvalue weighted by molar-refractivity contribution is 5.70. The van der Waals surface area contributed by atoms with Crippen LogP contribution in [-0.4, -0.2) is 41.0 Å². The van der Waals surface area contributed by atoms with Gasteiger partial charge in [0, 0.05) is 18.7 Å². The summed E-state index contributed by atoms with van der Waals surface area (Å²) < 4.78 is 5.44. The van der Waals surface area contributed by atoms with Gasteiger partial charge in [0.25, 0.3) is 0 Å². The number of nitrogens with zero attached hydrogens (tertiary/aromatic N) is 3. The van der Waals surface area contributed by atoms with Crippen molar-refractivity contribution in [2.45, 2.75) is 19.8 Å². The number of carbonyl (C=O) groups is 1. The third-order valence-electron chi connectivity index (χ3n) is 4.28. The van der Waals surface area contributed by atoms with Crippen molar-refractivity contribution in [2.75, 3.05) is 24.6 Å². The van der Waals surface area contributed by atoms with E-state index >= 15 is 0 Å². The molecule has 1 fully saturated rings. The van der Waals surface area contributed by atoms with Crippen LogP contribution in [0.3, 0.4) is 0 Å². The van der Waals surface area contributed by atoms with E-state index in [0.717, 1.165) is 22.8 Å². The average Bonchev–Trinajstić information content (AvgIpc) is 2.63. The molecule has 1 aliphatic rings. The summed E-state index contributed by atoms with van der Waals surface area (Å²) in [6.45, 7) is 4.01. The van der Waals surface area contributed by atoms with Crippen LogP contribution >= 0.6 is 0 Å². The molecule has 0 saturated carbocycles. The van der Waals surface area contributed by atoms with Crippen molar-refractivity contribution >= 4 is 11.8 Å². The van der Waals surface area contributed by atoms with E-state index < -0.39 is 5.97 Å². The number of hydrogen-bond donors (Lipinski definition) is 1. The van der Waals surface area contributed by atoms with E-state index in [-0.39, 0.29) is 5.92 Å². The predicted octanol–water partition coefficient (Wildman–Crippen LogP) is 2.84. The summed E-state index contributed by atoms with van der Waals surface area (Å²) in [7, 11) is 0. The predicted molar refractivity (Wildman–Crippen MR) is 91.2 cm³/mol. The standard InChI is InChI=1S/C18H21N3O3/c1-2-24-15-5-3-13(4-6-15)16-7-8-17(20-19-16)21-11-9-14(10-12-21)18(22)23/h3-8,14H,2,9-12H2,1H3,(H,22,23). The Labute approximate surface area is 141 Å². The second kappa shape index (κ2) is 7.29. The van der Waals surface area contributed by atoms with Crippen molar-refractivity contribution in [1.29, 1.82) is 0 Å². The van der Waals surface area contributed by atoms with Crippen LogP contribution < -0.4 is 9.64 Å². The first-order chi connectivity index (χ1) is 11.7. The van der Waals surface area contributed by atoms with Gasteiger partial charge in [0.15, 0.2) is 5.82 Å². The quantitative estimate of drug-likeness (QED) is 0.910. The van der Waals surface area contributed by atoms with Crippen LogP contribution in [0.4, 0.5) is 5.82 Å². The molecule has 1 aromatic heterocycles. The molecule has 2 aromatic rings. The fourth-order valence-electron chi connectivity index (χ4n) is 2.89. The largest absolute Gasteiger partial charge is 0.494 e. The molecule has 0 aliphatic carbocycles. The molecule has 1 N–H and O–H groups in total. The smallest absolute Gasteiger partial charge is 0.306 e. The Bertz CT molecular complexity index is 678. The van der Waals surface area contributed by atoms with Gasteiger partial charge in [-0.15, -0.1) is 10.2 Å². The first kappa shape index (κ1) is 16.2. The minimum absolute atomic E-state index is 0.239. The summed E-state index contributed by atoms with van der Waals surface area (Å²) in [4.78, 5) is 13.1. The number of carboxylic acid groups (broad SMARTS) is 1. The Hall–Kier alpha value is -2.63. The van der Waals surface area contributed by atoms with Crippen LogP contribution in [0.15, 0.2) is 36.4 Å². The first-order valence-electron chi connectivity index (χ1n) is 8.22. The molecule has 1 aliphatic heterocycles. The molecule has 6 nitrogen and oxygen atoms in total. The van der Waals surface area contributed by atoms with E-state index in [4.69, 9.17) is 9.84 Å². The maximum atomic E-state index is 11.0. The van der Waals surface area contributed by atoms with Gasteiger partial charge in [-0.2, -0.15) is 0 Å². The number of aliphatic carboxylic acids is 1. The summed E-state index contributed by atoms with van der Waals surface area (Å²) in [5.41, 5.74) is 1.80. The molecule has 0 unspecified atom stereocenters. The normalized spacial score (nSPS) is 15.3. The lowest BCUT2D eigenvalue weighted by Gasteiger charge is -2.30. The molecule has 1 aromatic carbocycles. The third-order valence-corrected chi connectivity index (χ3v) is 4.28. The molecule has 24 heavy (non-hydrogen) atoms. The van der Waals surface area contributed by atoms with Gasteiger partial charge >= 0.3 is 5.97 Å². The van der Waals surface area contributed by atoms with Crippen molar-refractivity contribution in [3.05, 3.63) is 36.4 Å². The summed E-state index contributed by atoms with van der Waals surface area (Å²) in [5.74, 6) is 0.699. The van der Waals surface area contributed by atoms with Gasteiger partial charge in [0.05, 0.1) is 18.2 Å². The number of piperidine rings is 1. The zero-order chi connectivity index (χ0) is 16.9. The highest BCUT2D eigenvalue weighted by atomic mass is 16.5. The maximum absolute atomic E-state index is 11.0. The highest BCUT2D eigenvalue weighted by Crippen LogP contribution is 2.24. The molecule has 0 bridgehead atoms. The Morgan fingerprint density at radius 2 is 1.88 bits per heavy atom. The second-order valence-corrected chi connectivity index (χ2v) is 5.83. The van der Waals surface area contributed by atoms with Crippen LogP contribution in [-0.2, 0) is 4.79 Å². The topological polar surface area (TPSA) is 75.5 Å². The number of carboxylic acids is 1. The molecule has 1 saturated heterocycles. The molecule has 0 radical (unpaired) electrons. The van der Waals surface area contributed by atoms with E-state index in [1.54, 1.807) is 0 Å². The van der Waals surface area contributed by atoms with E-state index in [2.05, 4.69) is 15.1 Å². The second-order valence-electron chi connectivity index (χ2n) is 5.83. The molecular weight excluding hydrogens is 306 g/mol. The third kappa shape index (κ3) is 3.64. The molecule has 0 spiro atoms. The SMILES string of the molecule is CCOc1ccc(-c2ccc(N3CCC(C(=O)O)CC3)nn2)cc1. The van der Waals surface area contributed by atoms with Crippen LogP contribution in [0.1, 0.15) is 19.8 Å². The minimum atomic E-state index is -0.702. The van der Waals surface area contributed by atoms with Gasteiger partial charge in [-0.05, 0) is 56.2 Å². The van der Waals surface area contributed by atoms with E-state index in [9.17, 15) is 4.79 Å². The van der Waals surface area contributed by atoms with Crippen LogP contribution in [0.2, 0.25) is 0 Å². The van der Waals surface area contributed by atoms with Crippen molar-refractivity contribution in [2.24, 2.45) is 5.92 Å². The van der Waals surface area contributed by atoms with Crippen LogP contribution in [0.25, 0.3) is 11.3 Å². The van der Waals surface area contributed by atoms with Crippen molar-refractivity contribution in [3.63, 3.8) is 0 Å². The van der Waals surface area contributed by atoms with Crippen LogP contribution in [0.5, 0.6) is 5.75 Å². The number of aromatic nitrogens is 2. The zero-order valence-corrected chi connectivity index (χ0v) is 13.7. The van der Waals surface area contributed by atoms with Gasteiger partial charge in [-0.25, -0.2) is 0 Å². The summed E-state index contributed by atoms with van der Waals surface area (Å²) in [6, 6.07) is 11.7. The Kier molecular flexibility index (Phi) is 4.93. The minimum Gasteiger partial charge on any atom is -0.494 e. The number of benzene rings is 1. The monoisotopic (exact) mass is 327 g/mol. The molecule has 126 valence electrons. The van der Waals surface area contributed by atoms with Gasteiger partial charge in [-0.3, -0.25) is 4.79 Å². The van der Waals surface area contributed by atoms with E-state index in [1.165, 1.54) is 0 Å². The lowest BCUT2D eigenvalue weighted by atomic mass is 9.97. The summed E-state index contributed by atoms with van der Waals surface area (Å²) >= 11 is 0. The zero-order valence-electron chi connectivity index (χ0n) is 13.7. The molecule has 3 rings (SSSR count). The van der Waals surface area contributed by atoms with Gasteiger partial charge < -0.3 is 14.7 Å². The van der Waals surface area contributed by atoms with Gasteiger partial charge in [0.2, 0.25) is 0 Å². The molecule has 0 amide bonds. The fourth-order valence-corrected chi connectivity index (χ4v) is 2.89. The summed E-state index contributed by atoms with van der Waals surface area (Å²) in [5, 5.41) is 17.7. The molecule has 0 atom stereocenters. The number of anilines is 1. The Balaban J connectivity index is 1.66. The number of rotatable bonds is 5. The van der Waals surface area contributed by atoms with Crippen molar-refractivity contribution < 1.29 is 14.6 Å². The summed E-state index contributed by atoms with van der Waals surface area (Å²) in [6.07, 6.45) is 1.30. The Morgan fingerprint density at radius 3 is 2.42 bits per heavy atom. The lowest BCUT2D eigenvalue weighted by molar-refractivity contribution is -0.142. The average molecular weight is 327 g/mol. The number of hydrogen-bond acceptors (Lipinski definition) is 5. The Morgan fingerprint density at radius 1 is 1.17 bits per heavy atom. The maximum Gasteiger partial charge on any atom is 0.306 e. The fraction of sp³-hybridized carbons (Fsp3) is 0.389.